The summed E-state index contributed by atoms with van der Waals surface area (Å²) in [6.07, 6.45) is 0.421. The van der Waals surface area contributed by atoms with E-state index in [1.54, 1.807) is 95.7 Å². The minimum atomic E-state index is -2.22. The Morgan fingerprint density at radius 2 is 0.894 bits per heavy atom. The number of aliphatic hydroxyl groups is 1. The number of hydrogen-bond acceptors (Lipinski definition) is 12. The maximum Gasteiger partial charge on any atom is 0.338 e. The zero-order valence-corrected chi connectivity index (χ0v) is 82.9. The summed E-state index contributed by atoms with van der Waals surface area (Å²) in [6.45, 7) is 24.3. The Labute approximate surface area is 610 Å². The van der Waals surface area contributed by atoms with Gasteiger partial charge in [0.15, 0.2) is 32.1 Å². The zero-order chi connectivity index (χ0) is 71.8. The number of carbonyl (C=O) groups excluding carboxylic acids is 4. The lowest BCUT2D eigenvalue weighted by molar-refractivity contribution is -0.133. The predicted octanol–water partition coefficient (Wildman–Crippen LogP) is 24.7. The van der Waals surface area contributed by atoms with Crippen LogP contribution < -0.4 is 9.47 Å². The number of Topliss-reactive ketones (excluding diaryl/α,β-unsaturated/α-hetero) is 2. The first-order chi connectivity index (χ1) is 43.9. The van der Waals surface area contributed by atoms with Crippen LogP contribution in [0.4, 0.5) is 0 Å². The fourth-order valence-corrected chi connectivity index (χ4v) is 239. The molecule has 0 aliphatic heterocycles. The molecule has 0 heterocycles. The lowest BCUT2D eigenvalue weighted by atomic mass is 9.92. The Bertz CT molecular complexity index is 2870. The number of benzene rings is 4. The van der Waals surface area contributed by atoms with Crippen LogP contribution in [0, 0.1) is 11.8 Å². The molecule has 0 aliphatic carbocycles. The highest BCUT2D eigenvalue weighted by Crippen LogP contribution is 3.18. The molecule has 0 spiro atoms. The molecular formula is C56H103O12P25Si. The molecular weight excluding hydrogens is 1670 g/mol. The van der Waals surface area contributed by atoms with Gasteiger partial charge in [0.1, 0.15) is 11.5 Å². The summed E-state index contributed by atoms with van der Waals surface area (Å²) in [5.74, 6) is -1.25. The van der Waals surface area contributed by atoms with Gasteiger partial charge in [0.05, 0.1) is 64.0 Å². The lowest BCUT2D eigenvalue weighted by Gasteiger charge is -2.41. The van der Waals surface area contributed by atoms with Gasteiger partial charge in [-0.1, -0.05) is 115 Å². The average Bonchev–Trinajstić information content (AvgIpc) is 0.813. The van der Waals surface area contributed by atoms with Crippen molar-refractivity contribution in [3.63, 3.8) is 0 Å². The van der Waals surface area contributed by atoms with E-state index in [9.17, 15) is 24.3 Å². The highest BCUT2D eigenvalue weighted by Gasteiger charge is 2.43. The highest BCUT2D eigenvalue weighted by atomic mass is 33.3. The van der Waals surface area contributed by atoms with Crippen LogP contribution in [0.3, 0.4) is 0 Å². The SMILES string of the molecule is COc1ccc(COC/C=C(\C)[C@@H](O)[C@@H](C)C(=O)[C@H](C)OC(=O)c2ccccc2)cc1.COc1ccc(COC/C=C(\C)[C@H](O[Si](C)(C)C(C)(C)C)[C@@H](C)C(=O)[C@H](C)OC(=O)c2ccccc2)cc1.PP(P)P(P)P(P(P)P)P(P)P.PPP(P(P)P)P(P(P)P)P(P)P. The standard InChI is InChI=1S/C31H44O6Si.C25H30O6.H15P13.H14P12/c1-22(19-20-35-21-25-15-17-27(34-7)18-16-25)29(37-38(8,9)31(4,5)6)23(2)28(32)24(3)36-30(33)26-13-11-10-12-14-26;1-17(14-15-30-16-20-10-12-22(29-4)13-11-20)23(26)18(2)24(27)19(3)31-25(28)21-8-6-5-7-9-21;1-8-12(9(2)3)13(10(4)5)11(6)7;1-8(2)11(7)12(9(3)4)10(5)6/h10-19,23-24,29H,20-21H2,1-9H3;5-14,18-19,23,26H,15-16H2,1-4H3;8H,1-7H2;1-7H2/b22-19+;17-14+;;/t23-,24-,29-;18-,19+,23-;;/m01../s1. The number of hydrogen-bond donors (Lipinski definition) is 1. The van der Waals surface area contributed by atoms with E-state index < -0.39 is 56.5 Å². The maximum absolute atomic E-state index is 13.4. The van der Waals surface area contributed by atoms with Gasteiger partial charge in [-0.05, 0) is 187 Å². The van der Waals surface area contributed by atoms with E-state index in [4.69, 9.17) is 32.8 Å². The first kappa shape index (κ1) is 97.1. The van der Waals surface area contributed by atoms with Gasteiger partial charge in [-0.25, -0.2) is 9.59 Å². The molecule has 1 N–H and O–H groups in total. The molecule has 4 rings (SSSR count). The lowest BCUT2D eigenvalue weighted by Crippen LogP contribution is -2.48. The predicted molar refractivity (Wildman–Crippen MR) is 485 cm³/mol. The molecule has 0 saturated carbocycles. The molecule has 17 unspecified atom stereocenters. The monoisotopic (exact) mass is 1770 g/mol. The number of methoxy groups -OCH3 is 2. The van der Waals surface area contributed by atoms with Crippen LogP contribution in [0.5, 0.6) is 11.5 Å². The summed E-state index contributed by atoms with van der Waals surface area (Å²) in [7, 11) is 44.3. The number of rotatable bonds is 33. The molecule has 0 saturated heterocycles. The number of ketones is 2. The summed E-state index contributed by atoms with van der Waals surface area (Å²) in [4.78, 5) is 50.7. The Morgan fingerprint density at radius 1 is 0.532 bits per heavy atom. The summed E-state index contributed by atoms with van der Waals surface area (Å²) in [6, 6.07) is 32.5. The fourth-order valence-electron chi connectivity index (χ4n) is 7.61. The van der Waals surface area contributed by atoms with Gasteiger partial charge in [-0.3, -0.25) is 9.59 Å². The van der Waals surface area contributed by atoms with E-state index in [-0.39, 0.29) is 86.5 Å². The van der Waals surface area contributed by atoms with Crippen LogP contribution in [0.15, 0.2) is 132 Å². The van der Waals surface area contributed by atoms with Gasteiger partial charge >= 0.3 is 11.9 Å². The molecule has 0 fully saturated rings. The number of aliphatic hydroxyl groups excluding tert-OH is 1. The van der Waals surface area contributed by atoms with E-state index in [1.165, 1.54) is 6.92 Å². The maximum atomic E-state index is 13.4. The third-order valence-electron chi connectivity index (χ3n) is 14.0. The van der Waals surface area contributed by atoms with Crippen molar-refractivity contribution >= 4 is 235 Å². The Balaban J connectivity index is 0.000000699. The molecule has 94 heavy (non-hydrogen) atoms. The quantitative estimate of drug-likeness (QED) is 0.0159. The average molecular weight is 1770 g/mol. The van der Waals surface area contributed by atoms with E-state index in [0.717, 1.165) is 36.2 Å². The Kier molecular flexibility index (Phi) is 53.9. The van der Waals surface area contributed by atoms with Crippen molar-refractivity contribution in [2.75, 3.05) is 27.4 Å². The largest absolute Gasteiger partial charge is 0.497 e. The minimum absolute atomic E-state index is 0.0371. The van der Waals surface area contributed by atoms with Gasteiger partial charge in [-0.15, -0.1) is 125 Å². The smallest absolute Gasteiger partial charge is 0.338 e. The van der Waals surface area contributed by atoms with Crippen molar-refractivity contribution in [3.05, 3.63) is 155 Å². The second kappa shape index (κ2) is 52.2. The van der Waals surface area contributed by atoms with Crippen molar-refractivity contribution in [1.82, 2.24) is 0 Å². The van der Waals surface area contributed by atoms with Crippen molar-refractivity contribution in [2.24, 2.45) is 11.8 Å². The van der Waals surface area contributed by atoms with Crippen molar-refractivity contribution in [3.8, 4) is 11.5 Å². The molecule has 0 bridgehead atoms. The summed E-state index contributed by atoms with van der Waals surface area (Å²) < 4.78 is 39.4. The van der Waals surface area contributed by atoms with Gasteiger partial charge < -0.3 is 38.0 Å². The van der Waals surface area contributed by atoms with Crippen LogP contribution in [-0.2, 0) is 46.2 Å². The second-order valence-electron chi connectivity index (χ2n) is 22.1. The van der Waals surface area contributed by atoms with Crippen LogP contribution in [0.2, 0.25) is 18.1 Å². The summed E-state index contributed by atoms with van der Waals surface area (Å²) >= 11 is 0. The molecule has 38 heteroatoms. The summed E-state index contributed by atoms with van der Waals surface area (Å²) in [5.41, 5.74) is 4.39. The zero-order valence-electron chi connectivity index (χ0n) is 55.8. The molecule has 23 atom stereocenters. The molecule has 528 valence electrons. The van der Waals surface area contributed by atoms with Crippen LogP contribution >= 0.6 is 203 Å². The van der Waals surface area contributed by atoms with E-state index >= 15 is 0 Å². The van der Waals surface area contributed by atoms with E-state index in [2.05, 4.69) is 159 Å². The first-order valence-electron chi connectivity index (χ1n) is 28.8. The van der Waals surface area contributed by atoms with Crippen molar-refractivity contribution in [1.29, 1.82) is 0 Å². The van der Waals surface area contributed by atoms with Gasteiger partial charge in [-0.2, -0.15) is 0 Å². The van der Waals surface area contributed by atoms with Crippen molar-refractivity contribution in [2.45, 2.75) is 118 Å². The Hall–Kier alpha value is 5.05. The fraction of sp³-hybridized carbons (Fsp3) is 0.429. The third-order valence-corrected chi connectivity index (χ3v) is 158. The molecule has 0 amide bonds. The van der Waals surface area contributed by atoms with E-state index in [0.29, 0.717) is 43.1 Å². The first-order valence-corrected chi connectivity index (χ1v) is 75.4. The third kappa shape index (κ3) is 37.2. The van der Waals surface area contributed by atoms with Gasteiger partial charge in [0.25, 0.3) is 0 Å². The normalized spacial score (nSPS) is 14.9. The van der Waals surface area contributed by atoms with Gasteiger partial charge in [0.2, 0.25) is 0 Å². The number of esters is 2. The van der Waals surface area contributed by atoms with Crippen LogP contribution in [0.1, 0.15) is 94.2 Å². The molecule has 0 aromatic heterocycles. The summed E-state index contributed by atoms with van der Waals surface area (Å²) in [5, 5.41) is 10.5. The highest BCUT2D eigenvalue weighted by molar-refractivity contribution is 9.24. The molecule has 0 radical (unpaired) electrons. The molecule has 4 aromatic rings. The topological polar surface area (TPSA) is 153 Å². The van der Waals surface area contributed by atoms with Crippen LogP contribution in [0.25, 0.3) is 0 Å². The Morgan fingerprint density at radius 3 is 1.19 bits per heavy atom. The van der Waals surface area contributed by atoms with Gasteiger partial charge in [0, 0.05) is 11.8 Å². The van der Waals surface area contributed by atoms with E-state index in [1.807, 2.05) is 74.5 Å². The molecule has 12 nitrogen and oxygen atoms in total. The number of carbonyl (C=O) groups is 4. The second-order valence-corrected chi connectivity index (χ2v) is 119. The molecule has 0 aliphatic rings. The van der Waals surface area contributed by atoms with Crippen LogP contribution in [-0.4, -0.2) is 88.8 Å². The van der Waals surface area contributed by atoms with Crippen molar-refractivity contribution < 1.29 is 57.1 Å². The molecule has 4 aromatic carbocycles. The number of ether oxygens (including phenoxy) is 6. The minimum Gasteiger partial charge on any atom is -0.497 e.